The summed E-state index contributed by atoms with van der Waals surface area (Å²) in [6, 6.07) is 9.90. The number of carbonyl (C=O) groups is 3. The van der Waals surface area contributed by atoms with E-state index in [1.807, 2.05) is 37.3 Å². The molecule has 0 aliphatic heterocycles. The number of hydrogen-bond donors (Lipinski definition) is 3. The first-order valence-electron chi connectivity index (χ1n) is 10.5. The Morgan fingerprint density at radius 3 is 2.30 bits per heavy atom. The molecule has 2 rings (SSSR count). The summed E-state index contributed by atoms with van der Waals surface area (Å²) in [6.07, 6.45) is 8.07. The quantitative estimate of drug-likeness (QED) is 0.383. The minimum absolute atomic E-state index is 0.118. The predicted molar refractivity (Wildman–Crippen MR) is 110 cm³/mol. The fourth-order valence-corrected chi connectivity index (χ4v) is 3.51. The predicted octanol–water partition coefficient (Wildman–Crippen LogP) is 0.979. The van der Waals surface area contributed by atoms with Gasteiger partial charge in [0.2, 0.25) is 0 Å². The highest BCUT2D eigenvalue weighted by molar-refractivity contribution is 5.88. The molecule has 4 N–H and O–H groups in total. The standard InChI is InChI=1S/C19H29NO2.C4H4O4/c1-15(19(22)17-11-6-3-7-12-17)20-14-8-13-18(21)16-9-4-2-5-10-16;5-3(6)1-2-4(7)8/h3,6-7,11-12,15-16,19-20,22H,2,4-5,8-10,13-14H2,1H3;1-2H,(H,5,6)(H,7,8)/b;2-1+. The minimum Gasteiger partial charge on any atom is -0.545 e. The molecule has 166 valence electrons. The number of carboxylic acid groups (broad SMARTS) is 2. The van der Waals surface area contributed by atoms with Crippen LogP contribution >= 0.6 is 0 Å². The summed E-state index contributed by atoms with van der Waals surface area (Å²) < 4.78 is 0. The smallest absolute Gasteiger partial charge is 0.328 e. The number of aliphatic hydroxyl groups is 1. The second-order valence-corrected chi connectivity index (χ2v) is 7.63. The molecule has 1 saturated carbocycles. The molecular formula is C23H33NO6. The van der Waals surface area contributed by atoms with Crippen LogP contribution in [0.4, 0.5) is 0 Å². The van der Waals surface area contributed by atoms with Crippen molar-refractivity contribution in [2.45, 2.75) is 64.0 Å². The van der Waals surface area contributed by atoms with E-state index in [2.05, 4.69) is 5.32 Å². The number of benzene rings is 1. The zero-order chi connectivity index (χ0) is 22.4. The highest BCUT2D eigenvalue weighted by atomic mass is 16.4. The van der Waals surface area contributed by atoms with Gasteiger partial charge in [-0.3, -0.25) is 4.79 Å². The maximum absolute atomic E-state index is 12.1. The minimum atomic E-state index is -1.51. The molecule has 1 aliphatic rings. The molecule has 0 bridgehead atoms. The van der Waals surface area contributed by atoms with Crippen molar-refractivity contribution in [3.63, 3.8) is 0 Å². The normalized spacial score (nSPS) is 16.3. The van der Waals surface area contributed by atoms with Crippen LogP contribution in [0.5, 0.6) is 0 Å². The van der Waals surface area contributed by atoms with Crippen molar-refractivity contribution in [1.82, 2.24) is 0 Å². The van der Waals surface area contributed by atoms with E-state index in [9.17, 15) is 24.6 Å². The van der Waals surface area contributed by atoms with E-state index in [1.165, 1.54) is 19.3 Å². The Hall–Kier alpha value is -2.51. The van der Waals surface area contributed by atoms with Crippen LogP contribution in [0.1, 0.15) is 63.5 Å². The number of carbonyl (C=O) groups excluding carboxylic acids is 2. The molecule has 1 fully saturated rings. The van der Waals surface area contributed by atoms with Crippen molar-refractivity contribution < 1.29 is 35.0 Å². The third-order valence-corrected chi connectivity index (χ3v) is 5.23. The van der Waals surface area contributed by atoms with Gasteiger partial charge in [0.25, 0.3) is 0 Å². The largest absolute Gasteiger partial charge is 0.545 e. The van der Waals surface area contributed by atoms with E-state index >= 15 is 0 Å². The SMILES string of the molecule is CC([NH2+]CCCC(=O)C1CCCCC1)C(O)c1ccccc1.O=C([O-])/C=C/C(=O)O. The van der Waals surface area contributed by atoms with Gasteiger partial charge in [0.05, 0.1) is 12.5 Å². The van der Waals surface area contributed by atoms with Crippen molar-refractivity contribution in [3.05, 3.63) is 48.0 Å². The first-order chi connectivity index (χ1) is 14.3. The molecule has 0 aromatic heterocycles. The van der Waals surface area contributed by atoms with Crippen LogP contribution in [-0.2, 0) is 14.4 Å². The Balaban J connectivity index is 0.000000479. The molecular weight excluding hydrogens is 386 g/mol. The molecule has 2 atom stereocenters. The number of rotatable bonds is 10. The second-order valence-electron chi connectivity index (χ2n) is 7.63. The van der Waals surface area contributed by atoms with Gasteiger partial charge in [0.15, 0.2) is 0 Å². The lowest BCUT2D eigenvalue weighted by Gasteiger charge is -2.20. The molecule has 0 radical (unpaired) electrons. The van der Waals surface area contributed by atoms with Crippen LogP contribution in [0.15, 0.2) is 42.5 Å². The number of hydrogen-bond acceptors (Lipinski definition) is 5. The molecule has 0 saturated heterocycles. The Morgan fingerprint density at radius 2 is 1.77 bits per heavy atom. The summed E-state index contributed by atoms with van der Waals surface area (Å²) in [4.78, 5) is 31.1. The van der Waals surface area contributed by atoms with Crippen molar-refractivity contribution in [3.8, 4) is 0 Å². The van der Waals surface area contributed by atoms with Crippen molar-refractivity contribution >= 4 is 17.7 Å². The zero-order valence-electron chi connectivity index (χ0n) is 17.5. The van der Waals surface area contributed by atoms with Crippen LogP contribution in [0.25, 0.3) is 0 Å². The van der Waals surface area contributed by atoms with Crippen molar-refractivity contribution in [2.24, 2.45) is 5.92 Å². The lowest BCUT2D eigenvalue weighted by molar-refractivity contribution is -0.694. The Labute approximate surface area is 177 Å². The fraction of sp³-hybridized carbons (Fsp3) is 0.522. The Bertz CT molecular complexity index is 666. The highest BCUT2D eigenvalue weighted by Crippen LogP contribution is 2.25. The van der Waals surface area contributed by atoms with E-state index in [-0.39, 0.29) is 6.04 Å². The summed E-state index contributed by atoms with van der Waals surface area (Å²) in [5.74, 6) is -2.01. The number of carboxylic acids is 2. The zero-order valence-corrected chi connectivity index (χ0v) is 17.5. The average molecular weight is 420 g/mol. The number of quaternary nitrogens is 1. The van der Waals surface area contributed by atoms with Gasteiger partial charge in [0.1, 0.15) is 17.9 Å². The van der Waals surface area contributed by atoms with E-state index in [0.29, 0.717) is 30.3 Å². The number of ketones is 1. The topological polar surface area (TPSA) is 131 Å². The molecule has 0 amide bonds. The van der Waals surface area contributed by atoms with Gasteiger partial charge in [-0.25, -0.2) is 4.79 Å². The van der Waals surface area contributed by atoms with Gasteiger partial charge in [-0.2, -0.15) is 0 Å². The third kappa shape index (κ3) is 10.9. The maximum atomic E-state index is 12.1. The molecule has 30 heavy (non-hydrogen) atoms. The van der Waals surface area contributed by atoms with Crippen LogP contribution in [0.3, 0.4) is 0 Å². The summed E-state index contributed by atoms with van der Waals surface area (Å²) in [5.41, 5.74) is 0.963. The summed E-state index contributed by atoms with van der Waals surface area (Å²) >= 11 is 0. The van der Waals surface area contributed by atoms with E-state index in [0.717, 1.165) is 31.4 Å². The van der Waals surface area contributed by atoms with E-state index < -0.39 is 18.0 Å². The van der Waals surface area contributed by atoms with Gasteiger partial charge in [-0.05, 0) is 31.4 Å². The molecule has 7 nitrogen and oxygen atoms in total. The van der Waals surface area contributed by atoms with E-state index in [1.54, 1.807) is 0 Å². The average Bonchev–Trinajstić information content (AvgIpc) is 2.76. The summed E-state index contributed by atoms with van der Waals surface area (Å²) in [7, 11) is 0. The van der Waals surface area contributed by atoms with Gasteiger partial charge in [-0.1, -0.05) is 49.6 Å². The fourth-order valence-electron chi connectivity index (χ4n) is 3.51. The van der Waals surface area contributed by atoms with Crippen molar-refractivity contribution in [1.29, 1.82) is 0 Å². The van der Waals surface area contributed by atoms with Crippen LogP contribution in [-0.4, -0.2) is 40.5 Å². The molecule has 2 unspecified atom stereocenters. The number of aliphatic carboxylic acids is 2. The second kappa shape index (κ2) is 14.5. The van der Waals surface area contributed by atoms with Crippen molar-refractivity contribution in [2.75, 3.05) is 6.54 Å². The van der Waals surface area contributed by atoms with E-state index in [4.69, 9.17) is 5.11 Å². The first-order valence-corrected chi connectivity index (χ1v) is 10.5. The summed E-state index contributed by atoms with van der Waals surface area (Å²) in [6.45, 7) is 2.95. The molecule has 1 aromatic carbocycles. The van der Waals surface area contributed by atoms with Gasteiger partial charge >= 0.3 is 5.97 Å². The van der Waals surface area contributed by atoms with Gasteiger partial charge in [-0.15, -0.1) is 0 Å². The monoisotopic (exact) mass is 419 g/mol. The maximum Gasteiger partial charge on any atom is 0.328 e. The van der Waals surface area contributed by atoms with Crippen LogP contribution in [0, 0.1) is 5.92 Å². The number of Topliss-reactive ketones (excluding diaryl/α,β-unsaturated/α-hetero) is 1. The summed E-state index contributed by atoms with van der Waals surface area (Å²) in [5, 5.41) is 29.7. The molecule has 1 aliphatic carbocycles. The lowest BCUT2D eigenvalue weighted by atomic mass is 9.85. The molecule has 7 heteroatoms. The first kappa shape index (κ1) is 25.5. The van der Waals surface area contributed by atoms with Gasteiger partial charge in [0, 0.05) is 24.8 Å². The Kier molecular flexibility index (Phi) is 12.3. The highest BCUT2D eigenvalue weighted by Gasteiger charge is 2.21. The number of aliphatic hydroxyl groups excluding tert-OH is 1. The number of nitrogens with two attached hydrogens (primary N) is 1. The van der Waals surface area contributed by atoms with Crippen LogP contribution in [0.2, 0.25) is 0 Å². The van der Waals surface area contributed by atoms with Gasteiger partial charge < -0.3 is 25.4 Å². The molecule has 0 spiro atoms. The van der Waals surface area contributed by atoms with Crippen LogP contribution < -0.4 is 10.4 Å². The third-order valence-electron chi connectivity index (χ3n) is 5.23. The Morgan fingerprint density at radius 1 is 1.13 bits per heavy atom. The molecule has 1 aromatic rings. The lowest BCUT2D eigenvalue weighted by Crippen LogP contribution is -2.90. The molecule has 0 heterocycles.